The van der Waals surface area contributed by atoms with Gasteiger partial charge in [0.05, 0.1) is 23.0 Å². The SMILES string of the molecule is N#CC(Cc1ncc(Cl)s1)N=C(c1ccccc1)c1ccccc1. The lowest BCUT2D eigenvalue weighted by Crippen LogP contribution is -2.12. The predicted octanol–water partition coefficient (Wildman–Crippen LogP) is 4.77. The molecular weight excluding hydrogens is 338 g/mol. The van der Waals surface area contributed by atoms with Gasteiger partial charge in [0.1, 0.15) is 10.4 Å². The fraction of sp³-hybridized carbons (Fsp3) is 0.105. The highest BCUT2D eigenvalue weighted by molar-refractivity contribution is 7.15. The second kappa shape index (κ2) is 7.87. The summed E-state index contributed by atoms with van der Waals surface area (Å²) in [5.41, 5.74) is 2.78. The van der Waals surface area contributed by atoms with Gasteiger partial charge in [-0.15, -0.1) is 11.3 Å². The van der Waals surface area contributed by atoms with Crippen LogP contribution in [0.15, 0.2) is 71.9 Å². The zero-order chi connectivity index (χ0) is 16.8. The first-order valence-electron chi connectivity index (χ1n) is 7.44. The molecule has 0 aliphatic heterocycles. The Morgan fingerprint density at radius 3 is 2.12 bits per heavy atom. The lowest BCUT2D eigenvalue weighted by molar-refractivity contribution is 0.818. The van der Waals surface area contributed by atoms with Crippen LogP contribution >= 0.6 is 22.9 Å². The number of rotatable bonds is 5. The molecule has 1 aromatic heterocycles. The van der Waals surface area contributed by atoms with Crippen molar-refractivity contribution >= 4 is 28.6 Å². The van der Waals surface area contributed by atoms with E-state index in [0.717, 1.165) is 21.8 Å². The van der Waals surface area contributed by atoms with Gasteiger partial charge >= 0.3 is 0 Å². The average Bonchev–Trinajstić information content (AvgIpc) is 3.05. The lowest BCUT2D eigenvalue weighted by atomic mass is 10.0. The number of hydrogen-bond donors (Lipinski definition) is 0. The van der Waals surface area contributed by atoms with Gasteiger partial charge in [0.15, 0.2) is 0 Å². The molecule has 1 unspecified atom stereocenters. The molecule has 0 bridgehead atoms. The van der Waals surface area contributed by atoms with Crippen molar-refractivity contribution in [1.82, 2.24) is 4.98 Å². The highest BCUT2D eigenvalue weighted by Crippen LogP contribution is 2.21. The van der Waals surface area contributed by atoms with Crippen LogP contribution in [0.5, 0.6) is 0 Å². The average molecular weight is 352 g/mol. The number of aliphatic imine (C=N–C) groups is 1. The molecule has 3 aromatic rings. The maximum absolute atomic E-state index is 9.52. The van der Waals surface area contributed by atoms with E-state index in [0.29, 0.717) is 10.8 Å². The van der Waals surface area contributed by atoms with E-state index in [4.69, 9.17) is 16.6 Å². The van der Waals surface area contributed by atoms with Crippen molar-refractivity contribution in [3.05, 3.63) is 87.3 Å². The van der Waals surface area contributed by atoms with Crippen molar-refractivity contribution in [3.63, 3.8) is 0 Å². The van der Waals surface area contributed by atoms with E-state index in [1.807, 2.05) is 60.7 Å². The Morgan fingerprint density at radius 1 is 1.08 bits per heavy atom. The van der Waals surface area contributed by atoms with Crippen LogP contribution in [0.25, 0.3) is 0 Å². The second-order valence-corrected chi connectivity index (χ2v) is 6.86. The van der Waals surface area contributed by atoms with Gasteiger partial charge in [-0.2, -0.15) is 5.26 Å². The molecule has 0 amide bonds. The van der Waals surface area contributed by atoms with Crippen molar-refractivity contribution < 1.29 is 0 Å². The van der Waals surface area contributed by atoms with Gasteiger partial charge < -0.3 is 0 Å². The van der Waals surface area contributed by atoms with Crippen molar-refractivity contribution in [2.45, 2.75) is 12.5 Å². The van der Waals surface area contributed by atoms with Gasteiger partial charge in [0.2, 0.25) is 0 Å². The standard InChI is InChI=1S/C19H14ClN3S/c20-17-13-22-18(24-17)11-16(12-21)23-19(14-7-3-1-4-8-14)15-9-5-2-6-10-15/h1-10,13,16H,11H2. The number of nitrogens with zero attached hydrogens (tertiary/aromatic N) is 3. The highest BCUT2D eigenvalue weighted by Gasteiger charge is 2.14. The molecule has 1 atom stereocenters. The first-order valence-corrected chi connectivity index (χ1v) is 8.64. The highest BCUT2D eigenvalue weighted by atomic mass is 35.5. The van der Waals surface area contributed by atoms with E-state index in [1.54, 1.807) is 6.20 Å². The molecule has 3 nitrogen and oxygen atoms in total. The van der Waals surface area contributed by atoms with E-state index >= 15 is 0 Å². The van der Waals surface area contributed by atoms with Gasteiger partial charge in [-0.1, -0.05) is 72.3 Å². The molecule has 24 heavy (non-hydrogen) atoms. The molecule has 0 radical (unpaired) electrons. The van der Waals surface area contributed by atoms with Gasteiger partial charge in [-0.3, -0.25) is 4.99 Å². The Kier molecular flexibility index (Phi) is 5.37. The number of thiazole rings is 1. The number of benzene rings is 2. The van der Waals surface area contributed by atoms with Crippen LogP contribution in [-0.4, -0.2) is 16.7 Å². The van der Waals surface area contributed by atoms with E-state index in [2.05, 4.69) is 11.1 Å². The fourth-order valence-corrected chi connectivity index (χ4v) is 3.32. The van der Waals surface area contributed by atoms with Crippen molar-refractivity contribution in [1.29, 1.82) is 5.26 Å². The van der Waals surface area contributed by atoms with Crippen molar-refractivity contribution in [2.24, 2.45) is 4.99 Å². The Labute approximate surface area is 149 Å². The summed E-state index contributed by atoms with van der Waals surface area (Å²) in [5, 5.41) is 10.3. The number of aromatic nitrogens is 1. The third-order valence-electron chi connectivity index (χ3n) is 3.42. The Balaban J connectivity index is 1.97. The zero-order valence-electron chi connectivity index (χ0n) is 12.8. The minimum absolute atomic E-state index is 0.455. The Hall–Kier alpha value is -2.48. The summed E-state index contributed by atoms with van der Waals surface area (Å²) in [6, 6.07) is 21.6. The van der Waals surface area contributed by atoms with E-state index in [-0.39, 0.29) is 0 Å². The first kappa shape index (κ1) is 16.4. The molecule has 0 fully saturated rings. The van der Waals surface area contributed by atoms with Crippen LogP contribution in [0.2, 0.25) is 4.34 Å². The maximum atomic E-state index is 9.52. The summed E-state index contributed by atoms with van der Waals surface area (Å²) < 4.78 is 0.622. The van der Waals surface area contributed by atoms with Gasteiger partial charge in [0, 0.05) is 17.5 Å². The summed E-state index contributed by atoms with van der Waals surface area (Å²) >= 11 is 7.31. The molecule has 0 saturated heterocycles. The summed E-state index contributed by atoms with van der Waals surface area (Å²) in [6.07, 6.45) is 2.06. The van der Waals surface area contributed by atoms with Gasteiger partial charge in [0.25, 0.3) is 0 Å². The van der Waals surface area contributed by atoms with Crippen LogP contribution in [0, 0.1) is 11.3 Å². The van der Waals surface area contributed by atoms with Crippen LogP contribution in [0.1, 0.15) is 16.1 Å². The van der Waals surface area contributed by atoms with Crippen LogP contribution < -0.4 is 0 Å². The topological polar surface area (TPSA) is 49.0 Å². The van der Waals surface area contributed by atoms with Crippen LogP contribution in [-0.2, 0) is 6.42 Å². The van der Waals surface area contributed by atoms with Gasteiger partial charge in [-0.05, 0) is 0 Å². The van der Waals surface area contributed by atoms with Crippen LogP contribution in [0.4, 0.5) is 0 Å². The molecule has 0 spiro atoms. The molecule has 0 aliphatic carbocycles. The lowest BCUT2D eigenvalue weighted by Gasteiger charge is -2.10. The normalized spacial score (nSPS) is 11.5. The fourth-order valence-electron chi connectivity index (χ4n) is 2.33. The van der Waals surface area contributed by atoms with E-state index in [1.165, 1.54) is 11.3 Å². The molecule has 118 valence electrons. The molecule has 3 rings (SSSR count). The summed E-state index contributed by atoms with van der Waals surface area (Å²) in [6.45, 7) is 0. The zero-order valence-corrected chi connectivity index (χ0v) is 14.3. The van der Waals surface area contributed by atoms with Gasteiger partial charge in [-0.25, -0.2) is 4.98 Å². The molecule has 0 aliphatic rings. The van der Waals surface area contributed by atoms with E-state index in [9.17, 15) is 5.26 Å². The molecule has 0 saturated carbocycles. The minimum atomic E-state index is -0.511. The number of nitriles is 1. The smallest absolute Gasteiger partial charge is 0.143 e. The summed E-state index contributed by atoms with van der Waals surface area (Å²) in [4.78, 5) is 8.94. The first-order chi connectivity index (χ1) is 11.8. The van der Waals surface area contributed by atoms with Crippen molar-refractivity contribution in [2.75, 3.05) is 0 Å². The minimum Gasteiger partial charge on any atom is -0.265 e. The molecular formula is C19H14ClN3S. The third kappa shape index (κ3) is 4.08. The number of hydrogen-bond acceptors (Lipinski definition) is 4. The molecule has 2 aromatic carbocycles. The predicted molar refractivity (Wildman–Crippen MR) is 98.8 cm³/mol. The molecule has 5 heteroatoms. The van der Waals surface area contributed by atoms with Crippen LogP contribution in [0.3, 0.4) is 0 Å². The molecule has 0 N–H and O–H groups in total. The monoisotopic (exact) mass is 351 g/mol. The largest absolute Gasteiger partial charge is 0.265 e. The third-order valence-corrected chi connectivity index (χ3v) is 4.56. The second-order valence-electron chi connectivity index (χ2n) is 5.12. The quantitative estimate of drug-likeness (QED) is 0.622. The summed E-state index contributed by atoms with van der Waals surface area (Å²) in [5.74, 6) is 0. The Morgan fingerprint density at radius 2 is 1.67 bits per heavy atom. The summed E-state index contributed by atoms with van der Waals surface area (Å²) in [7, 11) is 0. The molecule has 1 heterocycles. The van der Waals surface area contributed by atoms with E-state index < -0.39 is 6.04 Å². The Bertz CT molecular complexity index is 825. The maximum Gasteiger partial charge on any atom is 0.143 e. The number of halogens is 1. The van der Waals surface area contributed by atoms with Crippen molar-refractivity contribution in [3.8, 4) is 6.07 Å².